The predicted octanol–water partition coefficient (Wildman–Crippen LogP) is 2.92. The van der Waals surface area contributed by atoms with E-state index in [9.17, 15) is 24.3 Å². The number of carboxylic acids is 1. The van der Waals surface area contributed by atoms with Crippen LogP contribution in [-0.4, -0.2) is 59.1 Å². The number of amides is 4. The quantitative estimate of drug-likeness (QED) is 0.409. The minimum absolute atomic E-state index is 0.178. The van der Waals surface area contributed by atoms with Gasteiger partial charge in [-0.25, -0.2) is 9.59 Å². The number of rotatable bonds is 10. The number of anilines is 2. The third kappa shape index (κ3) is 6.40. The smallest absolute Gasteiger partial charge is 0.326 e. The molecule has 0 fully saturated rings. The summed E-state index contributed by atoms with van der Waals surface area (Å²) in [6, 6.07) is 3.66. The van der Waals surface area contributed by atoms with Gasteiger partial charge in [0.25, 0.3) is 0 Å². The second-order valence-electron chi connectivity index (χ2n) is 8.56. The number of nitrogens with one attached hydrogen (secondary N) is 3. The van der Waals surface area contributed by atoms with Gasteiger partial charge in [-0.15, -0.1) is 0 Å². The van der Waals surface area contributed by atoms with Crippen LogP contribution >= 0.6 is 11.8 Å². The maximum Gasteiger partial charge on any atom is 0.326 e. The molecular formula is C23H34N4O5S. The van der Waals surface area contributed by atoms with Crippen LogP contribution in [0.4, 0.5) is 16.2 Å². The highest BCUT2D eigenvalue weighted by molar-refractivity contribution is 7.98. The molecule has 0 spiro atoms. The Morgan fingerprint density at radius 1 is 1.18 bits per heavy atom. The first-order valence-electron chi connectivity index (χ1n) is 11.1. The van der Waals surface area contributed by atoms with Gasteiger partial charge in [0.15, 0.2) is 0 Å². The molecule has 9 nitrogen and oxygen atoms in total. The Morgan fingerprint density at radius 3 is 2.42 bits per heavy atom. The topological polar surface area (TPSA) is 128 Å². The van der Waals surface area contributed by atoms with Crippen molar-refractivity contribution in [2.45, 2.75) is 58.7 Å². The van der Waals surface area contributed by atoms with E-state index < -0.39 is 36.0 Å². The van der Waals surface area contributed by atoms with E-state index in [1.807, 2.05) is 34.0 Å². The minimum Gasteiger partial charge on any atom is -0.480 e. The predicted molar refractivity (Wildman–Crippen MR) is 131 cm³/mol. The van der Waals surface area contributed by atoms with Crippen LogP contribution in [0.5, 0.6) is 0 Å². The number of hydrogen-bond acceptors (Lipinski definition) is 5. The van der Waals surface area contributed by atoms with Gasteiger partial charge in [0.2, 0.25) is 11.8 Å². The van der Waals surface area contributed by atoms with Gasteiger partial charge in [-0.1, -0.05) is 46.2 Å². The zero-order valence-electron chi connectivity index (χ0n) is 19.8. The summed E-state index contributed by atoms with van der Waals surface area (Å²) in [5, 5.41) is 17.7. The first-order chi connectivity index (χ1) is 15.6. The third-order valence-corrected chi connectivity index (χ3v) is 6.46. The van der Waals surface area contributed by atoms with Crippen molar-refractivity contribution < 1.29 is 24.3 Å². The number of thioether (sulfide) groups is 1. The van der Waals surface area contributed by atoms with Crippen LogP contribution in [0.15, 0.2) is 24.3 Å². The van der Waals surface area contributed by atoms with Crippen molar-refractivity contribution in [2.24, 2.45) is 11.8 Å². The second kappa shape index (κ2) is 11.9. The summed E-state index contributed by atoms with van der Waals surface area (Å²) in [6.07, 6.45) is 2.73. The number of carbonyl (C=O) groups is 4. The zero-order valence-corrected chi connectivity index (χ0v) is 20.6. The van der Waals surface area contributed by atoms with E-state index in [1.165, 1.54) is 16.7 Å². The molecule has 0 saturated heterocycles. The molecule has 1 unspecified atom stereocenters. The number of carbonyl (C=O) groups excluding carboxylic acids is 3. The van der Waals surface area contributed by atoms with Crippen LogP contribution in [0.25, 0.3) is 0 Å². The van der Waals surface area contributed by atoms with Crippen molar-refractivity contribution in [1.29, 1.82) is 0 Å². The number of urea groups is 1. The first-order valence-corrected chi connectivity index (χ1v) is 12.5. The van der Waals surface area contributed by atoms with Crippen LogP contribution in [0.1, 0.15) is 40.5 Å². The number of carboxylic acid groups (broad SMARTS) is 1. The van der Waals surface area contributed by atoms with E-state index in [0.717, 1.165) is 0 Å². The van der Waals surface area contributed by atoms with Gasteiger partial charge >= 0.3 is 12.0 Å². The van der Waals surface area contributed by atoms with Gasteiger partial charge < -0.3 is 21.1 Å². The molecule has 0 bridgehead atoms. The Hall–Kier alpha value is -2.75. The summed E-state index contributed by atoms with van der Waals surface area (Å²) in [7, 11) is 0. The molecule has 0 saturated carbocycles. The average molecular weight is 479 g/mol. The lowest BCUT2D eigenvalue weighted by Gasteiger charge is -2.39. The van der Waals surface area contributed by atoms with Gasteiger partial charge in [-0.05, 0) is 42.4 Å². The lowest BCUT2D eigenvalue weighted by Crippen LogP contribution is -2.61. The van der Waals surface area contributed by atoms with E-state index in [-0.39, 0.29) is 24.2 Å². The van der Waals surface area contributed by atoms with Crippen molar-refractivity contribution in [3.8, 4) is 0 Å². The van der Waals surface area contributed by atoms with Crippen molar-refractivity contribution in [3.05, 3.63) is 24.3 Å². The second-order valence-corrected chi connectivity index (χ2v) is 9.54. The molecule has 1 aromatic rings. The highest BCUT2D eigenvalue weighted by Crippen LogP contribution is 2.34. The number of fused-ring (bicyclic) bond motifs is 1. The highest BCUT2D eigenvalue weighted by Gasteiger charge is 2.40. The van der Waals surface area contributed by atoms with Crippen molar-refractivity contribution in [3.63, 3.8) is 0 Å². The Labute approximate surface area is 199 Å². The van der Waals surface area contributed by atoms with Gasteiger partial charge in [0, 0.05) is 0 Å². The average Bonchev–Trinajstić information content (AvgIpc) is 2.77. The monoisotopic (exact) mass is 478 g/mol. The molecule has 10 heteroatoms. The Morgan fingerprint density at radius 2 is 1.85 bits per heavy atom. The maximum absolute atomic E-state index is 13.5. The van der Waals surface area contributed by atoms with Gasteiger partial charge in [-0.2, -0.15) is 11.8 Å². The summed E-state index contributed by atoms with van der Waals surface area (Å²) in [5.41, 5.74) is 1.06. The lowest BCUT2D eigenvalue weighted by atomic mass is 9.96. The molecule has 182 valence electrons. The Kier molecular flexibility index (Phi) is 9.57. The molecule has 1 aromatic carbocycles. The largest absolute Gasteiger partial charge is 0.480 e. The van der Waals surface area contributed by atoms with Gasteiger partial charge in [0.05, 0.1) is 11.4 Å². The summed E-state index contributed by atoms with van der Waals surface area (Å²) < 4.78 is 0. The highest BCUT2D eigenvalue weighted by atomic mass is 32.2. The molecule has 1 aliphatic heterocycles. The molecule has 0 aromatic heterocycles. The van der Waals surface area contributed by atoms with E-state index >= 15 is 0 Å². The molecule has 33 heavy (non-hydrogen) atoms. The normalized spacial score (nSPS) is 18.1. The summed E-state index contributed by atoms with van der Waals surface area (Å²) in [4.78, 5) is 52.3. The molecule has 0 aliphatic carbocycles. The molecule has 4 amide bonds. The maximum atomic E-state index is 13.5. The molecule has 2 rings (SSSR count). The fraction of sp³-hybridized carbons (Fsp3) is 0.565. The van der Waals surface area contributed by atoms with E-state index in [1.54, 1.807) is 24.3 Å². The van der Waals surface area contributed by atoms with Crippen LogP contribution in [0, 0.1) is 11.8 Å². The number of nitrogens with zero attached hydrogens (tertiary/aromatic N) is 1. The van der Waals surface area contributed by atoms with Crippen molar-refractivity contribution in [1.82, 2.24) is 10.6 Å². The number of hydrogen-bond donors (Lipinski definition) is 4. The summed E-state index contributed by atoms with van der Waals surface area (Å²) in [5.74, 6) is -1.83. The summed E-state index contributed by atoms with van der Waals surface area (Å²) >= 11 is 1.49. The van der Waals surface area contributed by atoms with Gasteiger partial charge in [-0.3, -0.25) is 14.5 Å². The lowest BCUT2D eigenvalue weighted by molar-refractivity contribution is -0.142. The zero-order chi connectivity index (χ0) is 24.7. The fourth-order valence-electron chi connectivity index (χ4n) is 3.76. The van der Waals surface area contributed by atoms with E-state index in [0.29, 0.717) is 23.5 Å². The standard InChI is InChI=1S/C23H34N4O5S/c1-6-14(4)18(20(28)25-16(22(30)31)11-12-33-5)26-23(32)27-17-10-8-7-9-15(17)24-21(29)19(27)13(2)3/h7-10,13-14,16,18-19H,6,11-12H2,1-5H3,(H,24,29)(H,25,28)(H,26,32)(H,30,31)/t14?,16-,18-,19-/m0/s1. The van der Waals surface area contributed by atoms with Crippen LogP contribution in [0.3, 0.4) is 0 Å². The number of aliphatic carboxylic acids is 1. The van der Waals surface area contributed by atoms with E-state index in [4.69, 9.17) is 0 Å². The molecule has 4 N–H and O–H groups in total. The first kappa shape index (κ1) is 26.5. The van der Waals surface area contributed by atoms with Crippen molar-refractivity contribution >= 4 is 47.0 Å². The minimum atomic E-state index is -1.12. The van der Waals surface area contributed by atoms with Crippen molar-refractivity contribution in [2.75, 3.05) is 22.2 Å². The fourth-order valence-corrected chi connectivity index (χ4v) is 4.23. The third-order valence-electron chi connectivity index (χ3n) is 5.82. The summed E-state index contributed by atoms with van der Waals surface area (Å²) in [6.45, 7) is 7.40. The van der Waals surface area contributed by atoms with Gasteiger partial charge in [0.1, 0.15) is 18.1 Å². The molecule has 1 aliphatic rings. The SMILES string of the molecule is CCC(C)[C@H](NC(=O)N1c2ccccc2NC(=O)[C@@H]1C(C)C)C(=O)N[C@@H](CCSC)C(=O)O. The van der Waals surface area contributed by atoms with Crippen LogP contribution < -0.4 is 20.9 Å². The molecule has 1 heterocycles. The van der Waals surface area contributed by atoms with Crippen LogP contribution in [-0.2, 0) is 14.4 Å². The Balaban J connectivity index is 2.32. The molecule has 4 atom stereocenters. The Bertz CT molecular complexity index is 878. The van der Waals surface area contributed by atoms with Crippen LogP contribution in [0.2, 0.25) is 0 Å². The van der Waals surface area contributed by atoms with E-state index in [2.05, 4.69) is 16.0 Å². The number of benzene rings is 1. The molecule has 0 radical (unpaired) electrons. The number of para-hydroxylation sites is 2. The molecular weight excluding hydrogens is 444 g/mol.